The molecule has 2 nitrogen and oxygen atoms in total. The average Bonchev–Trinajstić information content (AvgIpc) is 3.73. The Balaban J connectivity index is 1.21. The molecule has 0 spiro atoms. The van der Waals surface area contributed by atoms with E-state index >= 15 is 0 Å². The third-order valence-corrected chi connectivity index (χ3v) is 13.2. The van der Waals surface area contributed by atoms with E-state index in [1.807, 2.05) is 0 Å². The third-order valence-electron chi connectivity index (χ3n) is 13.2. The van der Waals surface area contributed by atoms with Gasteiger partial charge in [-0.05, 0) is 111 Å². The summed E-state index contributed by atoms with van der Waals surface area (Å²) in [4.78, 5) is 2.57. The van der Waals surface area contributed by atoms with Crippen molar-refractivity contribution in [1.82, 2.24) is 4.57 Å². The highest BCUT2D eigenvalue weighted by Crippen LogP contribution is 2.53. The minimum Gasteiger partial charge on any atom is -0.309 e. The maximum atomic E-state index is 2.57. The van der Waals surface area contributed by atoms with Gasteiger partial charge in [0.05, 0.1) is 22.4 Å². The first-order valence-corrected chi connectivity index (χ1v) is 20.8. The molecule has 1 aromatic heterocycles. The summed E-state index contributed by atoms with van der Waals surface area (Å²) >= 11 is 0. The van der Waals surface area contributed by atoms with Crippen molar-refractivity contribution >= 4 is 49.6 Å². The smallest absolute Gasteiger partial charge is 0.0562 e. The first kappa shape index (κ1) is 33.9. The Morgan fingerprint density at radius 1 is 0.491 bits per heavy atom. The quantitative estimate of drug-likeness (QED) is 0.165. The van der Waals surface area contributed by atoms with Gasteiger partial charge < -0.3 is 9.47 Å². The van der Waals surface area contributed by atoms with Gasteiger partial charge in [0.15, 0.2) is 0 Å². The van der Waals surface area contributed by atoms with Crippen molar-refractivity contribution in [2.45, 2.75) is 57.3 Å². The van der Waals surface area contributed by atoms with Crippen molar-refractivity contribution in [3.63, 3.8) is 0 Å². The molecule has 2 heteroatoms. The van der Waals surface area contributed by atoms with Crippen LogP contribution in [0.1, 0.15) is 68.6 Å². The number of hydrogen-bond acceptors (Lipinski definition) is 1. The van der Waals surface area contributed by atoms with Crippen LogP contribution in [0.25, 0.3) is 60.5 Å². The lowest BCUT2D eigenvalue weighted by Gasteiger charge is -2.31. The molecule has 0 saturated heterocycles. The second-order valence-corrected chi connectivity index (χ2v) is 16.7. The molecule has 1 heterocycles. The van der Waals surface area contributed by atoms with E-state index in [1.165, 1.54) is 121 Å². The van der Waals surface area contributed by atoms with Crippen LogP contribution in [0.2, 0.25) is 0 Å². The number of fused-ring (bicyclic) bond motifs is 7. The minimum atomic E-state index is -0.132. The van der Waals surface area contributed by atoms with Gasteiger partial charge in [0.1, 0.15) is 0 Å². The zero-order chi connectivity index (χ0) is 38.1. The largest absolute Gasteiger partial charge is 0.309 e. The molecule has 2 aliphatic rings. The standard InChI is InChI=1S/C55H46N2/c1-55(2)47-29-12-9-24-42(47)43-35-34-40(36-48(43)55)57(52-33-17-32-51-54(52)46-26-11-14-31-50(46)56(51)39-22-7-4-8-23-39)49-30-13-10-25-44(49)45-28-16-21-38-20-15-27-41(53(38)45)37-18-5-3-6-19-37/h4,7-17,20-37H,3,5-6,18-19H2,1-2H3. The molecule has 2 aliphatic carbocycles. The molecule has 0 bridgehead atoms. The van der Waals surface area contributed by atoms with E-state index in [1.54, 1.807) is 0 Å². The average molecular weight is 735 g/mol. The summed E-state index contributed by atoms with van der Waals surface area (Å²) in [6.07, 6.45) is 6.50. The number of benzene rings is 8. The van der Waals surface area contributed by atoms with E-state index in [-0.39, 0.29) is 5.41 Å². The summed E-state index contributed by atoms with van der Waals surface area (Å²) in [5, 5.41) is 5.22. The number of hydrogen-bond donors (Lipinski definition) is 0. The van der Waals surface area contributed by atoms with Crippen molar-refractivity contribution in [2.75, 3.05) is 4.90 Å². The van der Waals surface area contributed by atoms with Crippen molar-refractivity contribution in [3.05, 3.63) is 193 Å². The Morgan fingerprint density at radius 3 is 2.00 bits per heavy atom. The fraction of sp³-hybridized carbons (Fsp3) is 0.164. The molecular weight excluding hydrogens is 689 g/mol. The van der Waals surface area contributed by atoms with E-state index in [0.29, 0.717) is 5.92 Å². The Kier molecular flexibility index (Phi) is 7.96. The number of para-hydroxylation sites is 3. The maximum absolute atomic E-state index is 2.57. The molecule has 9 aromatic rings. The highest BCUT2D eigenvalue weighted by molar-refractivity contribution is 6.17. The lowest BCUT2D eigenvalue weighted by atomic mass is 9.80. The van der Waals surface area contributed by atoms with Crippen molar-refractivity contribution < 1.29 is 0 Å². The lowest BCUT2D eigenvalue weighted by molar-refractivity contribution is 0.445. The van der Waals surface area contributed by atoms with Crippen molar-refractivity contribution in [3.8, 4) is 27.9 Å². The van der Waals surface area contributed by atoms with Gasteiger partial charge in [-0.25, -0.2) is 0 Å². The number of nitrogens with zero attached hydrogens (tertiary/aromatic N) is 2. The molecule has 0 radical (unpaired) electrons. The monoisotopic (exact) mass is 734 g/mol. The Labute approximate surface area is 335 Å². The highest BCUT2D eigenvalue weighted by atomic mass is 15.2. The van der Waals surface area contributed by atoms with Crippen LogP contribution in [-0.2, 0) is 5.41 Å². The third kappa shape index (κ3) is 5.31. The summed E-state index contributed by atoms with van der Waals surface area (Å²) in [6.45, 7) is 4.77. The summed E-state index contributed by atoms with van der Waals surface area (Å²) in [5.41, 5.74) is 16.4. The van der Waals surface area contributed by atoms with Crippen LogP contribution in [0, 0.1) is 0 Å². The Bertz CT molecular complexity index is 2970. The molecule has 1 saturated carbocycles. The summed E-state index contributed by atoms with van der Waals surface area (Å²) in [5.74, 6) is 0.588. The van der Waals surface area contributed by atoms with Gasteiger partial charge in [-0.2, -0.15) is 0 Å². The van der Waals surface area contributed by atoms with E-state index in [0.717, 1.165) is 5.69 Å². The Morgan fingerprint density at radius 2 is 1.14 bits per heavy atom. The van der Waals surface area contributed by atoms with Gasteiger partial charge in [-0.3, -0.25) is 0 Å². The van der Waals surface area contributed by atoms with Crippen LogP contribution < -0.4 is 4.90 Å². The molecule has 0 unspecified atom stereocenters. The molecule has 276 valence electrons. The number of rotatable bonds is 6. The van der Waals surface area contributed by atoms with Gasteiger partial charge in [-0.15, -0.1) is 0 Å². The lowest BCUT2D eigenvalue weighted by Crippen LogP contribution is -2.17. The van der Waals surface area contributed by atoms with Crippen molar-refractivity contribution in [2.24, 2.45) is 0 Å². The van der Waals surface area contributed by atoms with E-state index < -0.39 is 0 Å². The fourth-order valence-corrected chi connectivity index (χ4v) is 10.5. The van der Waals surface area contributed by atoms with Crippen molar-refractivity contribution in [1.29, 1.82) is 0 Å². The molecular formula is C55H46N2. The number of aromatic nitrogens is 1. The van der Waals surface area contributed by atoms with Crippen LogP contribution in [-0.4, -0.2) is 4.57 Å². The maximum Gasteiger partial charge on any atom is 0.0562 e. The normalized spacial score (nSPS) is 14.9. The molecule has 11 rings (SSSR count). The topological polar surface area (TPSA) is 8.17 Å². The SMILES string of the molecule is CC1(C)c2ccccc2-c2ccc(N(c3ccccc3-c3cccc4cccc(C5CCCCC5)c34)c3cccc4c3c3ccccc3n4-c3ccccc3)cc21. The predicted octanol–water partition coefficient (Wildman–Crippen LogP) is 15.4. The Hall–Kier alpha value is -6.38. The second kappa shape index (κ2) is 13.4. The molecule has 0 aliphatic heterocycles. The van der Waals surface area contributed by atoms with Crippen LogP contribution >= 0.6 is 0 Å². The van der Waals surface area contributed by atoms with Gasteiger partial charge in [0.25, 0.3) is 0 Å². The summed E-state index contributed by atoms with van der Waals surface area (Å²) in [7, 11) is 0. The van der Waals surface area contributed by atoms with Gasteiger partial charge in [0.2, 0.25) is 0 Å². The van der Waals surface area contributed by atoms with E-state index in [2.05, 4.69) is 199 Å². The minimum absolute atomic E-state index is 0.132. The van der Waals surface area contributed by atoms with Gasteiger partial charge in [0, 0.05) is 33.1 Å². The van der Waals surface area contributed by atoms with Gasteiger partial charge in [-0.1, -0.05) is 161 Å². The summed E-state index contributed by atoms with van der Waals surface area (Å²) < 4.78 is 2.43. The molecule has 8 aromatic carbocycles. The van der Waals surface area contributed by atoms with Crippen LogP contribution in [0.15, 0.2) is 176 Å². The molecule has 0 N–H and O–H groups in total. The van der Waals surface area contributed by atoms with Crippen LogP contribution in [0.3, 0.4) is 0 Å². The molecule has 1 fully saturated rings. The number of anilines is 3. The zero-order valence-corrected chi connectivity index (χ0v) is 32.8. The van der Waals surface area contributed by atoms with E-state index in [9.17, 15) is 0 Å². The molecule has 0 amide bonds. The fourth-order valence-electron chi connectivity index (χ4n) is 10.5. The van der Waals surface area contributed by atoms with Crippen LogP contribution in [0.4, 0.5) is 17.1 Å². The summed E-state index contributed by atoms with van der Waals surface area (Å²) in [6, 6.07) is 65.9. The highest BCUT2D eigenvalue weighted by Gasteiger charge is 2.36. The zero-order valence-electron chi connectivity index (χ0n) is 32.8. The first-order chi connectivity index (χ1) is 28.1. The predicted molar refractivity (Wildman–Crippen MR) is 242 cm³/mol. The molecule has 0 atom stereocenters. The first-order valence-electron chi connectivity index (χ1n) is 20.8. The van der Waals surface area contributed by atoms with E-state index in [4.69, 9.17) is 0 Å². The van der Waals surface area contributed by atoms with Gasteiger partial charge >= 0.3 is 0 Å². The second-order valence-electron chi connectivity index (χ2n) is 16.7. The van der Waals surface area contributed by atoms with Crippen LogP contribution in [0.5, 0.6) is 0 Å². The molecule has 57 heavy (non-hydrogen) atoms.